The average molecular weight is 278 g/mol. The molecule has 1 heterocycles. The molecule has 1 saturated heterocycles. The zero-order valence-corrected chi connectivity index (χ0v) is 12.4. The van der Waals surface area contributed by atoms with Crippen LogP contribution in [0.1, 0.15) is 37.7 Å². The van der Waals surface area contributed by atoms with Crippen LogP contribution in [0.25, 0.3) is 0 Å². The Morgan fingerprint density at radius 3 is 2.75 bits per heavy atom. The van der Waals surface area contributed by atoms with Gasteiger partial charge in [0.1, 0.15) is 5.75 Å². The van der Waals surface area contributed by atoms with Crippen LogP contribution in [0.15, 0.2) is 24.3 Å². The van der Waals surface area contributed by atoms with Crippen molar-refractivity contribution >= 4 is 0 Å². The van der Waals surface area contributed by atoms with Gasteiger partial charge < -0.3 is 14.6 Å². The van der Waals surface area contributed by atoms with Gasteiger partial charge in [-0.3, -0.25) is 0 Å². The van der Waals surface area contributed by atoms with Crippen molar-refractivity contribution in [2.24, 2.45) is 5.92 Å². The van der Waals surface area contributed by atoms with Gasteiger partial charge >= 0.3 is 0 Å². The van der Waals surface area contributed by atoms with Gasteiger partial charge in [-0.2, -0.15) is 0 Å². The Balaban J connectivity index is 1.72. The summed E-state index contributed by atoms with van der Waals surface area (Å²) in [6, 6.07) is 8.13. The van der Waals surface area contributed by atoms with Crippen LogP contribution >= 0.6 is 0 Å². The quantitative estimate of drug-likeness (QED) is 0.793. The molecule has 0 aromatic heterocycles. The molecule has 3 nitrogen and oxygen atoms in total. The lowest BCUT2D eigenvalue weighted by Gasteiger charge is -2.16. The van der Waals surface area contributed by atoms with E-state index in [1.807, 2.05) is 12.1 Å². The zero-order valence-electron chi connectivity index (χ0n) is 12.4. The Kier molecular flexibility index (Phi) is 6.34. The monoisotopic (exact) mass is 278 g/mol. The van der Waals surface area contributed by atoms with Crippen LogP contribution in [0.4, 0.5) is 0 Å². The summed E-state index contributed by atoms with van der Waals surface area (Å²) in [6.45, 7) is 1.19. The third kappa shape index (κ3) is 4.80. The van der Waals surface area contributed by atoms with E-state index in [1.54, 1.807) is 7.11 Å². The molecule has 0 aliphatic carbocycles. The first kappa shape index (κ1) is 15.3. The van der Waals surface area contributed by atoms with E-state index in [0.717, 1.165) is 38.0 Å². The van der Waals surface area contributed by atoms with Gasteiger partial charge in [0.15, 0.2) is 0 Å². The summed E-state index contributed by atoms with van der Waals surface area (Å²) in [7, 11) is 1.68. The molecule has 112 valence electrons. The van der Waals surface area contributed by atoms with Gasteiger partial charge in [-0.25, -0.2) is 0 Å². The number of benzene rings is 1. The first-order valence-corrected chi connectivity index (χ1v) is 7.67. The van der Waals surface area contributed by atoms with Gasteiger partial charge in [0.2, 0.25) is 0 Å². The van der Waals surface area contributed by atoms with E-state index < -0.39 is 0 Å². The summed E-state index contributed by atoms with van der Waals surface area (Å²) in [5, 5.41) is 9.52. The van der Waals surface area contributed by atoms with Crippen molar-refractivity contribution in [1.82, 2.24) is 0 Å². The number of aliphatic hydroxyl groups excluding tert-OH is 1. The Hall–Kier alpha value is -1.06. The van der Waals surface area contributed by atoms with Crippen molar-refractivity contribution in [3.63, 3.8) is 0 Å². The molecule has 1 N–H and O–H groups in total. The van der Waals surface area contributed by atoms with E-state index in [9.17, 15) is 5.11 Å². The molecule has 0 saturated carbocycles. The highest BCUT2D eigenvalue weighted by Crippen LogP contribution is 2.21. The molecule has 1 aliphatic heterocycles. The van der Waals surface area contributed by atoms with Crippen LogP contribution in [0.2, 0.25) is 0 Å². The number of rotatable bonds is 8. The summed E-state index contributed by atoms with van der Waals surface area (Å²) in [5.74, 6) is 1.23. The summed E-state index contributed by atoms with van der Waals surface area (Å²) in [6.07, 6.45) is 7.18. The molecule has 20 heavy (non-hydrogen) atoms. The zero-order chi connectivity index (χ0) is 14.2. The third-order valence-electron chi connectivity index (χ3n) is 4.10. The lowest BCUT2D eigenvalue weighted by Crippen LogP contribution is -2.12. The summed E-state index contributed by atoms with van der Waals surface area (Å²) >= 11 is 0. The van der Waals surface area contributed by atoms with Crippen LogP contribution in [0.3, 0.4) is 0 Å². The average Bonchev–Trinajstić information content (AvgIpc) is 3.00. The smallest absolute Gasteiger partial charge is 0.118 e. The van der Waals surface area contributed by atoms with E-state index in [1.165, 1.54) is 18.4 Å². The van der Waals surface area contributed by atoms with Crippen LogP contribution in [0.5, 0.6) is 5.75 Å². The van der Waals surface area contributed by atoms with E-state index in [4.69, 9.17) is 9.47 Å². The second kappa shape index (κ2) is 8.28. The summed E-state index contributed by atoms with van der Waals surface area (Å²) in [4.78, 5) is 0. The molecule has 1 fully saturated rings. The summed E-state index contributed by atoms with van der Waals surface area (Å²) < 4.78 is 10.8. The topological polar surface area (TPSA) is 38.7 Å². The van der Waals surface area contributed by atoms with E-state index in [0.29, 0.717) is 12.0 Å². The van der Waals surface area contributed by atoms with Crippen molar-refractivity contribution in [2.45, 2.75) is 44.6 Å². The molecule has 2 atom stereocenters. The maximum absolute atomic E-state index is 9.52. The van der Waals surface area contributed by atoms with Crippen molar-refractivity contribution < 1.29 is 14.6 Å². The van der Waals surface area contributed by atoms with E-state index in [-0.39, 0.29) is 6.61 Å². The SMILES string of the molecule is COc1ccc(CC(CO)CCCC2CCCO2)cc1. The van der Waals surface area contributed by atoms with Gasteiger partial charge in [-0.05, 0) is 55.7 Å². The van der Waals surface area contributed by atoms with Crippen LogP contribution in [0, 0.1) is 5.92 Å². The second-order valence-corrected chi connectivity index (χ2v) is 5.67. The van der Waals surface area contributed by atoms with Crippen molar-refractivity contribution in [3.8, 4) is 5.75 Å². The first-order valence-electron chi connectivity index (χ1n) is 7.67. The molecule has 0 bridgehead atoms. The Bertz CT molecular complexity index is 368. The lowest BCUT2D eigenvalue weighted by atomic mass is 9.94. The molecular weight excluding hydrogens is 252 g/mol. The van der Waals surface area contributed by atoms with Crippen molar-refractivity contribution in [1.29, 1.82) is 0 Å². The third-order valence-corrected chi connectivity index (χ3v) is 4.10. The van der Waals surface area contributed by atoms with Crippen LogP contribution < -0.4 is 4.74 Å². The molecule has 1 aromatic carbocycles. The predicted molar refractivity (Wildman–Crippen MR) is 80.1 cm³/mol. The Morgan fingerprint density at radius 2 is 2.15 bits per heavy atom. The lowest BCUT2D eigenvalue weighted by molar-refractivity contribution is 0.0990. The van der Waals surface area contributed by atoms with Crippen molar-refractivity contribution in [3.05, 3.63) is 29.8 Å². The fourth-order valence-corrected chi connectivity index (χ4v) is 2.86. The molecule has 0 spiro atoms. The van der Waals surface area contributed by atoms with Crippen LogP contribution in [-0.2, 0) is 11.2 Å². The summed E-state index contributed by atoms with van der Waals surface area (Å²) in [5.41, 5.74) is 1.27. The fraction of sp³-hybridized carbons (Fsp3) is 0.647. The molecular formula is C17H26O3. The van der Waals surface area contributed by atoms with Gasteiger partial charge in [0.25, 0.3) is 0 Å². The van der Waals surface area contributed by atoms with Gasteiger partial charge in [0.05, 0.1) is 13.2 Å². The molecule has 2 rings (SSSR count). The second-order valence-electron chi connectivity index (χ2n) is 5.67. The molecule has 1 aliphatic rings. The number of aliphatic hydroxyl groups is 1. The van der Waals surface area contributed by atoms with E-state index >= 15 is 0 Å². The fourth-order valence-electron chi connectivity index (χ4n) is 2.86. The van der Waals surface area contributed by atoms with Gasteiger partial charge in [0, 0.05) is 13.2 Å². The van der Waals surface area contributed by atoms with Crippen LogP contribution in [-0.4, -0.2) is 31.5 Å². The molecule has 0 amide bonds. The largest absolute Gasteiger partial charge is 0.497 e. The minimum absolute atomic E-state index is 0.261. The standard InChI is InChI=1S/C17H26O3/c1-19-16-9-7-14(8-10-16)12-15(13-18)4-2-5-17-6-3-11-20-17/h7-10,15,17-18H,2-6,11-13H2,1H3. The van der Waals surface area contributed by atoms with E-state index in [2.05, 4.69) is 12.1 Å². The number of hydrogen-bond donors (Lipinski definition) is 1. The highest BCUT2D eigenvalue weighted by atomic mass is 16.5. The Morgan fingerprint density at radius 1 is 1.35 bits per heavy atom. The minimum Gasteiger partial charge on any atom is -0.497 e. The Labute approximate surface area is 121 Å². The molecule has 1 aromatic rings. The highest BCUT2D eigenvalue weighted by molar-refractivity contribution is 5.27. The van der Waals surface area contributed by atoms with Gasteiger partial charge in [-0.15, -0.1) is 0 Å². The number of ether oxygens (including phenoxy) is 2. The predicted octanol–water partition coefficient (Wildman–Crippen LogP) is 3.20. The van der Waals surface area contributed by atoms with Gasteiger partial charge in [-0.1, -0.05) is 18.6 Å². The number of hydrogen-bond acceptors (Lipinski definition) is 3. The van der Waals surface area contributed by atoms with Crippen molar-refractivity contribution in [2.75, 3.05) is 20.3 Å². The normalized spacial score (nSPS) is 20.0. The maximum Gasteiger partial charge on any atom is 0.118 e. The number of methoxy groups -OCH3 is 1. The first-order chi connectivity index (χ1) is 9.81. The minimum atomic E-state index is 0.261. The molecule has 0 radical (unpaired) electrons. The highest BCUT2D eigenvalue weighted by Gasteiger charge is 2.16. The maximum atomic E-state index is 9.52. The molecule has 3 heteroatoms. The molecule has 2 unspecified atom stereocenters.